The number of nitrogens with one attached hydrogen (secondary N) is 2. The number of aliphatic imine (C=N–C) groups is 1. The fraction of sp³-hybridized carbons (Fsp3) is 0.611. The van der Waals surface area contributed by atoms with E-state index in [4.69, 9.17) is 4.74 Å². The summed E-state index contributed by atoms with van der Waals surface area (Å²) in [5.74, 6) is 3.32. The fourth-order valence-electron chi connectivity index (χ4n) is 3.20. The molecule has 10 heteroatoms. The first-order chi connectivity index (χ1) is 13.1. The SMILES string of the molecule is CCNC(=NCCS(=O)(=O)N1CCSCC1)NC1CCOc2ccccc21.I. The summed E-state index contributed by atoms with van der Waals surface area (Å²) in [6.07, 6.45) is 0.838. The molecule has 0 amide bonds. The zero-order chi connectivity index (χ0) is 19.1. The molecule has 28 heavy (non-hydrogen) atoms. The number of nitrogens with zero attached hydrogens (tertiary/aromatic N) is 2. The summed E-state index contributed by atoms with van der Waals surface area (Å²) in [5, 5.41) is 6.64. The van der Waals surface area contributed by atoms with Gasteiger partial charge in [-0.25, -0.2) is 12.7 Å². The Morgan fingerprint density at radius 2 is 2.07 bits per heavy atom. The van der Waals surface area contributed by atoms with Gasteiger partial charge in [-0.1, -0.05) is 18.2 Å². The molecule has 2 heterocycles. The smallest absolute Gasteiger partial charge is 0.215 e. The molecule has 0 radical (unpaired) electrons. The van der Waals surface area contributed by atoms with E-state index in [2.05, 4.69) is 21.7 Å². The quantitative estimate of drug-likeness (QED) is 0.327. The fourth-order valence-corrected chi connectivity index (χ4v) is 5.66. The van der Waals surface area contributed by atoms with E-state index in [9.17, 15) is 8.42 Å². The van der Waals surface area contributed by atoms with Gasteiger partial charge in [-0.3, -0.25) is 4.99 Å². The van der Waals surface area contributed by atoms with Crippen LogP contribution in [0.15, 0.2) is 29.3 Å². The molecular formula is C18H29IN4O3S2. The number of rotatable bonds is 6. The standard InChI is InChI=1S/C18H28N4O3S2.HI/c1-2-19-18(20-8-14-27(23,24)22-9-12-26-13-10-22)21-16-7-11-25-17-6-4-3-5-15(16)17;/h3-6,16H,2,7-14H2,1H3,(H2,19,20,21);1H. The Bertz CT molecular complexity index is 755. The van der Waals surface area contributed by atoms with Crippen molar-refractivity contribution in [3.05, 3.63) is 29.8 Å². The molecule has 1 aromatic rings. The van der Waals surface area contributed by atoms with Gasteiger partial charge in [0, 0.05) is 43.1 Å². The highest BCUT2D eigenvalue weighted by Gasteiger charge is 2.24. The van der Waals surface area contributed by atoms with E-state index >= 15 is 0 Å². The largest absolute Gasteiger partial charge is 0.493 e. The number of benzene rings is 1. The molecule has 1 fully saturated rings. The number of sulfonamides is 1. The van der Waals surface area contributed by atoms with Crippen LogP contribution in [0.3, 0.4) is 0 Å². The minimum absolute atomic E-state index is 0. The first-order valence-corrected chi connectivity index (χ1v) is 12.2. The maximum Gasteiger partial charge on any atom is 0.215 e. The van der Waals surface area contributed by atoms with Crippen LogP contribution in [-0.2, 0) is 10.0 Å². The van der Waals surface area contributed by atoms with E-state index < -0.39 is 10.0 Å². The number of halogens is 1. The zero-order valence-corrected chi connectivity index (χ0v) is 20.1. The Balaban J connectivity index is 0.00000280. The molecule has 0 saturated carbocycles. The molecule has 1 aromatic carbocycles. The number of hydrogen-bond acceptors (Lipinski definition) is 5. The van der Waals surface area contributed by atoms with E-state index in [1.54, 1.807) is 16.1 Å². The maximum absolute atomic E-state index is 12.5. The van der Waals surface area contributed by atoms with Gasteiger partial charge in [0.15, 0.2) is 5.96 Å². The van der Waals surface area contributed by atoms with E-state index in [-0.39, 0.29) is 42.3 Å². The third-order valence-electron chi connectivity index (χ3n) is 4.60. The summed E-state index contributed by atoms with van der Waals surface area (Å²) >= 11 is 1.80. The summed E-state index contributed by atoms with van der Waals surface area (Å²) < 4.78 is 32.2. The topological polar surface area (TPSA) is 83.0 Å². The average molecular weight is 540 g/mol. The van der Waals surface area contributed by atoms with Crippen molar-refractivity contribution in [2.24, 2.45) is 4.99 Å². The molecule has 0 aliphatic carbocycles. The van der Waals surface area contributed by atoms with Crippen LogP contribution in [0.25, 0.3) is 0 Å². The molecule has 0 aromatic heterocycles. The second-order valence-corrected chi connectivity index (χ2v) is 9.77. The molecular weight excluding hydrogens is 511 g/mol. The average Bonchev–Trinajstić information content (AvgIpc) is 2.69. The lowest BCUT2D eigenvalue weighted by atomic mass is 10.0. The van der Waals surface area contributed by atoms with Crippen molar-refractivity contribution in [1.29, 1.82) is 0 Å². The van der Waals surface area contributed by atoms with E-state index in [1.807, 2.05) is 25.1 Å². The predicted octanol–water partition coefficient (Wildman–Crippen LogP) is 2.06. The number of para-hydroxylation sites is 1. The first-order valence-electron chi connectivity index (χ1n) is 9.42. The van der Waals surface area contributed by atoms with Crippen molar-refractivity contribution < 1.29 is 13.2 Å². The molecule has 1 saturated heterocycles. The monoisotopic (exact) mass is 540 g/mol. The van der Waals surface area contributed by atoms with Crippen molar-refractivity contribution >= 4 is 51.7 Å². The Hall–Kier alpha value is -0.720. The molecule has 2 aliphatic rings. The molecule has 2 aliphatic heterocycles. The third kappa shape index (κ3) is 6.39. The number of fused-ring (bicyclic) bond motifs is 1. The number of ether oxygens (including phenoxy) is 1. The van der Waals surface area contributed by atoms with Gasteiger partial charge in [0.2, 0.25) is 10.0 Å². The van der Waals surface area contributed by atoms with Crippen molar-refractivity contribution in [2.75, 3.05) is 50.0 Å². The minimum Gasteiger partial charge on any atom is -0.493 e. The van der Waals surface area contributed by atoms with Gasteiger partial charge in [0.1, 0.15) is 5.75 Å². The third-order valence-corrected chi connectivity index (χ3v) is 7.39. The Labute approximate surface area is 189 Å². The van der Waals surface area contributed by atoms with Crippen LogP contribution < -0.4 is 15.4 Å². The van der Waals surface area contributed by atoms with Crippen LogP contribution in [0.4, 0.5) is 0 Å². The van der Waals surface area contributed by atoms with Crippen LogP contribution >= 0.6 is 35.7 Å². The van der Waals surface area contributed by atoms with Crippen molar-refractivity contribution in [3.63, 3.8) is 0 Å². The second kappa shape index (κ2) is 11.5. The molecule has 0 bridgehead atoms. The molecule has 1 unspecified atom stereocenters. The highest BCUT2D eigenvalue weighted by atomic mass is 127. The molecule has 1 atom stereocenters. The zero-order valence-electron chi connectivity index (χ0n) is 16.1. The number of guanidine groups is 1. The number of hydrogen-bond donors (Lipinski definition) is 2. The van der Waals surface area contributed by atoms with Crippen molar-refractivity contribution in [3.8, 4) is 5.75 Å². The molecule has 2 N–H and O–H groups in total. The van der Waals surface area contributed by atoms with Crippen LogP contribution in [0, 0.1) is 0 Å². The number of thioether (sulfide) groups is 1. The van der Waals surface area contributed by atoms with Gasteiger partial charge in [-0.05, 0) is 13.0 Å². The van der Waals surface area contributed by atoms with Gasteiger partial charge >= 0.3 is 0 Å². The van der Waals surface area contributed by atoms with E-state index in [0.29, 0.717) is 32.2 Å². The van der Waals surface area contributed by atoms with E-state index in [0.717, 1.165) is 29.2 Å². The minimum atomic E-state index is -3.24. The van der Waals surface area contributed by atoms with Crippen molar-refractivity contribution in [2.45, 2.75) is 19.4 Å². The lowest BCUT2D eigenvalue weighted by Gasteiger charge is -2.28. The highest BCUT2D eigenvalue weighted by Crippen LogP contribution is 2.31. The summed E-state index contributed by atoms with van der Waals surface area (Å²) in [7, 11) is -3.24. The van der Waals surface area contributed by atoms with Gasteiger partial charge in [-0.2, -0.15) is 11.8 Å². The van der Waals surface area contributed by atoms with Crippen LogP contribution in [-0.4, -0.2) is 68.7 Å². The van der Waals surface area contributed by atoms with Gasteiger partial charge < -0.3 is 15.4 Å². The summed E-state index contributed by atoms with van der Waals surface area (Å²) in [6.45, 7) is 4.81. The van der Waals surface area contributed by atoms with Crippen LogP contribution in [0.2, 0.25) is 0 Å². The summed E-state index contributed by atoms with van der Waals surface area (Å²) in [4.78, 5) is 4.50. The second-order valence-electron chi connectivity index (χ2n) is 6.46. The van der Waals surface area contributed by atoms with Gasteiger partial charge in [-0.15, -0.1) is 24.0 Å². The lowest BCUT2D eigenvalue weighted by molar-refractivity contribution is 0.261. The van der Waals surface area contributed by atoms with E-state index in [1.165, 1.54) is 0 Å². The van der Waals surface area contributed by atoms with Crippen LogP contribution in [0.5, 0.6) is 5.75 Å². The molecule has 0 spiro atoms. The van der Waals surface area contributed by atoms with Gasteiger partial charge in [0.25, 0.3) is 0 Å². The Morgan fingerprint density at radius 1 is 1.32 bits per heavy atom. The lowest BCUT2D eigenvalue weighted by Crippen LogP contribution is -2.42. The Morgan fingerprint density at radius 3 is 2.82 bits per heavy atom. The maximum atomic E-state index is 12.5. The summed E-state index contributed by atoms with van der Waals surface area (Å²) in [6, 6.07) is 8.08. The van der Waals surface area contributed by atoms with Crippen LogP contribution in [0.1, 0.15) is 24.9 Å². The predicted molar refractivity (Wildman–Crippen MR) is 127 cm³/mol. The molecule has 158 valence electrons. The molecule has 3 rings (SSSR count). The normalized spacial score (nSPS) is 20.5. The molecule has 7 nitrogen and oxygen atoms in total. The highest BCUT2D eigenvalue weighted by molar-refractivity contribution is 14.0. The Kier molecular flexibility index (Phi) is 9.64. The van der Waals surface area contributed by atoms with Crippen molar-refractivity contribution in [1.82, 2.24) is 14.9 Å². The summed E-state index contributed by atoms with van der Waals surface area (Å²) in [5.41, 5.74) is 1.10. The first kappa shape index (κ1) is 23.6. The van der Waals surface area contributed by atoms with Gasteiger partial charge in [0.05, 0.1) is 24.9 Å².